The highest BCUT2D eigenvalue weighted by Gasteiger charge is 2.17. The van der Waals surface area contributed by atoms with E-state index in [0.29, 0.717) is 28.5 Å². The molecular weight excluding hydrogens is 343 g/mol. The Morgan fingerprint density at radius 1 is 1.24 bits per heavy atom. The van der Waals surface area contributed by atoms with Gasteiger partial charge in [-0.15, -0.1) is 5.10 Å². The highest BCUT2D eigenvalue weighted by atomic mass is 35.5. The minimum atomic E-state index is -0.351. The first kappa shape index (κ1) is 17.1. The Morgan fingerprint density at radius 2 is 2.04 bits per heavy atom. The van der Waals surface area contributed by atoms with Gasteiger partial charge in [-0.25, -0.2) is 9.07 Å². The number of nitrogens with zero attached hydrogens (tertiary/aromatic N) is 3. The molecule has 1 aromatic heterocycles. The van der Waals surface area contributed by atoms with Crippen molar-refractivity contribution in [2.75, 3.05) is 0 Å². The smallest absolute Gasteiger partial charge is 0.274 e. The second kappa shape index (κ2) is 7.03. The summed E-state index contributed by atoms with van der Waals surface area (Å²) in [5, 5.41) is 11.3. The highest BCUT2D eigenvalue weighted by Crippen LogP contribution is 2.16. The van der Waals surface area contributed by atoms with Crippen molar-refractivity contribution in [1.82, 2.24) is 20.3 Å². The van der Waals surface area contributed by atoms with Crippen LogP contribution in [0.3, 0.4) is 0 Å². The Bertz CT molecular complexity index is 939. The lowest BCUT2D eigenvalue weighted by atomic mass is 10.2. The summed E-state index contributed by atoms with van der Waals surface area (Å²) in [5.41, 5.74) is 2.67. The molecule has 0 aliphatic rings. The molecule has 0 saturated heterocycles. The van der Waals surface area contributed by atoms with Gasteiger partial charge >= 0.3 is 0 Å². The minimum Gasteiger partial charge on any atom is -0.347 e. The molecule has 0 aliphatic carbocycles. The van der Waals surface area contributed by atoms with Gasteiger partial charge < -0.3 is 5.32 Å². The molecule has 3 aromatic rings. The van der Waals surface area contributed by atoms with Crippen molar-refractivity contribution in [1.29, 1.82) is 0 Å². The number of carbonyl (C=O) groups excluding carboxylic acids is 1. The molecule has 0 aliphatic heterocycles. The van der Waals surface area contributed by atoms with Crippen molar-refractivity contribution in [3.8, 4) is 5.69 Å². The molecule has 0 bridgehead atoms. The summed E-state index contributed by atoms with van der Waals surface area (Å²) < 4.78 is 15.2. The number of rotatable bonds is 4. The van der Waals surface area contributed by atoms with E-state index in [9.17, 15) is 9.18 Å². The van der Waals surface area contributed by atoms with Gasteiger partial charge in [0.15, 0.2) is 5.69 Å². The molecule has 0 atom stereocenters. The van der Waals surface area contributed by atoms with Gasteiger partial charge in [-0.1, -0.05) is 35.0 Å². The van der Waals surface area contributed by atoms with Gasteiger partial charge in [0, 0.05) is 11.6 Å². The third-order valence-corrected chi connectivity index (χ3v) is 4.09. The summed E-state index contributed by atoms with van der Waals surface area (Å²) in [7, 11) is 0. The van der Waals surface area contributed by atoms with Crippen molar-refractivity contribution in [3.63, 3.8) is 0 Å². The van der Waals surface area contributed by atoms with Crippen molar-refractivity contribution < 1.29 is 9.18 Å². The van der Waals surface area contributed by atoms with Crippen LogP contribution >= 0.6 is 11.6 Å². The maximum absolute atomic E-state index is 13.8. The predicted molar refractivity (Wildman–Crippen MR) is 93.4 cm³/mol. The number of nitrogens with one attached hydrogen (secondary N) is 1. The fraction of sp³-hybridized carbons (Fsp3) is 0.167. The molecule has 0 unspecified atom stereocenters. The number of benzene rings is 2. The normalized spacial score (nSPS) is 10.7. The lowest BCUT2D eigenvalue weighted by Gasteiger charge is -2.06. The molecule has 3 rings (SSSR count). The highest BCUT2D eigenvalue weighted by molar-refractivity contribution is 6.30. The molecule has 2 aromatic carbocycles. The van der Waals surface area contributed by atoms with Crippen LogP contribution in [0.15, 0.2) is 42.5 Å². The summed E-state index contributed by atoms with van der Waals surface area (Å²) in [5.74, 6) is -0.685. The van der Waals surface area contributed by atoms with E-state index >= 15 is 0 Å². The second-order valence-electron chi connectivity index (χ2n) is 5.68. The quantitative estimate of drug-likeness (QED) is 0.775. The summed E-state index contributed by atoms with van der Waals surface area (Å²) in [6.07, 6.45) is 0. The zero-order chi connectivity index (χ0) is 18.0. The molecule has 7 heteroatoms. The van der Waals surface area contributed by atoms with Gasteiger partial charge in [0.05, 0.1) is 11.4 Å². The van der Waals surface area contributed by atoms with Crippen LogP contribution < -0.4 is 5.32 Å². The Hall–Kier alpha value is -2.73. The molecule has 25 heavy (non-hydrogen) atoms. The number of aryl methyl sites for hydroxylation is 1. The fourth-order valence-corrected chi connectivity index (χ4v) is 2.62. The molecule has 0 fully saturated rings. The molecular formula is C18H16ClFN4O. The van der Waals surface area contributed by atoms with E-state index in [-0.39, 0.29) is 17.4 Å². The van der Waals surface area contributed by atoms with E-state index in [1.54, 1.807) is 38.1 Å². The van der Waals surface area contributed by atoms with Crippen LogP contribution in [-0.4, -0.2) is 20.9 Å². The van der Waals surface area contributed by atoms with Gasteiger partial charge in [-0.3, -0.25) is 4.79 Å². The first-order valence-electron chi connectivity index (χ1n) is 7.67. The third-order valence-electron chi connectivity index (χ3n) is 3.85. The molecule has 5 nitrogen and oxygen atoms in total. The van der Waals surface area contributed by atoms with E-state index in [0.717, 1.165) is 5.56 Å². The van der Waals surface area contributed by atoms with Crippen molar-refractivity contribution in [2.24, 2.45) is 0 Å². The topological polar surface area (TPSA) is 59.8 Å². The van der Waals surface area contributed by atoms with Gasteiger partial charge in [0.1, 0.15) is 5.82 Å². The summed E-state index contributed by atoms with van der Waals surface area (Å²) in [6.45, 7) is 3.72. The first-order chi connectivity index (χ1) is 12.0. The summed E-state index contributed by atoms with van der Waals surface area (Å²) in [4.78, 5) is 12.4. The maximum Gasteiger partial charge on any atom is 0.274 e. The van der Waals surface area contributed by atoms with Crippen molar-refractivity contribution in [3.05, 3.63) is 75.8 Å². The standard InChI is InChI=1S/C18H16ClFN4O/c1-11-6-7-15(9-16(11)20)24-12(2)17(22-23-24)18(25)21-10-13-4-3-5-14(19)8-13/h3-9H,10H2,1-2H3,(H,21,25). The van der Waals surface area contributed by atoms with E-state index in [2.05, 4.69) is 15.6 Å². The molecule has 0 spiro atoms. The Balaban J connectivity index is 1.78. The van der Waals surface area contributed by atoms with Crippen LogP contribution in [0.1, 0.15) is 27.3 Å². The van der Waals surface area contributed by atoms with Crippen LogP contribution in [-0.2, 0) is 6.54 Å². The Labute approximate surface area is 149 Å². The number of aromatic nitrogens is 3. The fourth-order valence-electron chi connectivity index (χ4n) is 2.41. The zero-order valence-corrected chi connectivity index (χ0v) is 14.5. The van der Waals surface area contributed by atoms with E-state index in [1.807, 2.05) is 12.1 Å². The molecule has 1 N–H and O–H groups in total. The van der Waals surface area contributed by atoms with Crippen LogP contribution in [0.2, 0.25) is 5.02 Å². The number of carbonyl (C=O) groups is 1. The van der Waals surface area contributed by atoms with Crippen LogP contribution in [0.25, 0.3) is 5.69 Å². The lowest BCUT2D eigenvalue weighted by Crippen LogP contribution is -2.24. The third kappa shape index (κ3) is 3.69. The number of hydrogen-bond donors (Lipinski definition) is 1. The Morgan fingerprint density at radius 3 is 2.76 bits per heavy atom. The average Bonchev–Trinajstić information content (AvgIpc) is 2.97. The SMILES string of the molecule is Cc1ccc(-n2nnc(C(=O)NCc3cccc(Cl)c3)c2C)cc1F. The van der Waals surface area contributed by atoms with E-state index < -0.39 is 0 Å². The van der Waals surface area contributed by atoms with Crippen molar-refractivity contribution >= 4 is 17.5 Å². The maximum atomic E-state index is 13.8. The molecule has 1 heterocycles. The minimum absolute atomic E-state index is 0.197. The second-order valence-corrected chi connectivity index (χ2v) is 6.12. The molecule has 128 valence electrons. The monoisotopic (exact) mass is 358 g/mol. The van der Waals surface area contributed by atoms with Gasteiger partial charge in [0.2, 0.25) is 0 Å². The van der Waals surface area contributed by atoms with Gasteiger partial charge in [0.25, 0.3) is 5.91 Å². The number of amides is 1. The van der Waals surface area contributed by atoms with Crippen LogP contribution in [0.4, 0.5) is 4.39 Å². The first-order valence-corrected chi connectivity index (χ1v) is 8.05. The zero-order valence-electron chi connectivity index (χ0n) is 13.8. The van der Waals surface area contributed by atoms with Gasteiger partial charge in [-0.2, -0.15) is 0 Å². The molecule has 0 radical (unpaired) electrons. The number of halogens is 2. The summed E-state index contributed by atoms with van der Waals surface area (Å²) in [6, 6.07) is 12.0. The molecule has 0 saturated carbocycles. The largest absolute Gasteiger partial charge is 0.347 e. The number of hydrogen-bond acceptors (Lipinski definition) is 3. The molecule has 1 amide bonds. The van der Waals surface area contributed by atoms with E-state index in [1.165, 1.54) is 10.7 Å². The van der Waals surface area contributed by atoms with Crippen LogP contribution in [0, 0.1) is 19.7 Å². The lowest BCUT2D eigenvalue weighted by molar-refractivity contribution is 0.0945. The van der Waals surface area contributed by atoms with Crippen LogP contribution in [0.5, 0.6) is 0 Å². The predicted octanol–water partition coefficient (Wildman–Crippen LogP) is 3.61. The van der Waals surface area contributed by atoms with Crippen molar-refractivity contribution in [2.45, 2.75) is 20.4 Å². The average molecular weight is 359 g/mol. The van der Waals surface area contributed by atoms with Gasteiger partial charge in [-0.05, 0) is 49.2 Å². The summed E-state index contributed by atoms with van der Waals surface area (Å²) >= 11 is 5.93. The Kier molecular flexibility index (Phi) is 4.81. The van der Waals surface area contributed by atoms with E-state index in [4.69, 9.17) is 11.6 Å².